The molecule has 1 rings (SSSR count). The molecule has 0 N–H and O–H groups in total. The lowest BCUT2D eigenvalue weighted by Crippen LogP contribution is -2.13. The molecular formula is C13H15ClO4. The minimum Gasteiger partial charge on any atom is -0.496 e. The molecule has 1 atom stereocenters. The maximum absolute atomic E-state index is 11.8. The summed E-state index contributed by atoms with van der Waals surface area (Å²) in [5.41, 5.74) is 0.695. The molecule has 18 heavy (non-hydrogen) atoms. The predicted molar refractivity (Wildman–Crippen MR) is 68.6 cm³/mol. The highest BCUT2D eigenvalue weighted by atomic mass is 35.5. The van der Waals surface area contributed by atoms with E-state index in [0.717, 1.165) is 0 Å². The summed E-state index contributed by atoms with van der Waals surface area (Å²) in [7, 11) is 1.43. The van der Waals surface area contributed by atoms with Crippen LogP contribution in [0.4, 0.5) is 0 Å². The number of rotatable bonds is 5. The second-order valence-electron chi connectivity index (χ2n) is 3.62. The molecule has 0 fully saturated rings. The third-order valence-corrected chi connectivity index (χ3v) is 2.54. The largest absolute Gasteiger partial charge is 0.496 e. The van der Waals surface area contributed by atoms with Gasteiger partial charge in [-0.05, 0) is 32.0 Å². The third kappa shape index (κ3) is 3.23. The van der Waals surface area contributed by atoms with E-state index < -0.39 is 11.3 Å². The van der Waals surface area contributed by atoms with Gasteiger partial charge in [-0.15, -0.1) is 11.6 Å². The highest BCUT2D eigenvalue weighted by Gasteiger charge is 2.19. The van der Waals surface area contributed by atoms with Crippen molar-refractivity contribution in [1.29, 1.82) is 0 Å². The summed E-state index contributed by atoms with van der Waals surface area (Å²) in [4.78, 5) is 23.3. The molecule has 0 spiro atoms. The molecule has 0 aliphatic heterocycles. The standard InChI is InChI=1S/C13H15ClO4/c1-4-18-13(16)9-5-6-10(11(7-9)17-3)12(15)8(2)14/h5-8H,4H2,1-3H3. The molecule has 0 saturated heterocycles. The molecule has 0 bridgehead atoms. The van der Waals surface area contributed by atoms with Gasteiger partial charge in [0.15, 0.2) is 5.78 Å². The Morgan fingerprint density at radius 2 is 2.06 bits per heavy atom. The summed E-state index contributed by atoms with van der Waals surface area (Å²) in [6, 6.07) is 4.52. The molecule has 98 valence electrons. The Morgan fingerprint density at radius 1 is 1.39 bits per heavy atom. The van der Waals surface area contributed by atoms with Gasteiger partial charge in [0.05, 0.1) is 30.2 Å². The Balaban J connectivity index is 3.11. The van der Waals surface area contributed by atoms with E-state index in [2.05, 4.69) is 0 Å². The second-order valence-corrected chi connectivity index (χ2v) is 4.27. The van der Waals surface area contributed by atoms with E-state index in [9.17, 15) is 9.59 Å². The van der Waals surface area contributed by atoms with Crippen molar-refractivity contribution >= 4 is 23.4 Å². The minimum atomic E-state index is -0.646. The second kappa shape index (κ2) is 6.40. The number of ketones is 1. The van der Waals surface area contributed by atoms with Crippen LogP contribution in [0.1, 0.15) is 34.6 Å². The van der Waals surface area contributed by atoms with Gasteiger partial charge in [0, 0.05) is 0 Å². The smallest absolute Gasteiger partial charge is 0.338 e. The Hall–Kier alpha value is -1.55. The van der Waals surface area contributed by atoms with Crippen LogP contribution in [0.15, 0.2) is 18.2 Å². The molecule has 0 heterocycles. The number of esters is 1. The fourth-order valence-corrected chi connectivity index (χ4v) is 1.57. The van der Waals surface area contributed by atoms with E-state index in [-0.39, 0.29) is 5.78 Å². The van der Waals surface area contributed by atoms with Gasteiger partial charge in [0.2, 0.25) is 0 Å². The molecule has 0 amide bonds. The van der Waals surface area contributed by atoms with Gasteiger partial charge in [-0.25, -0.2) is 4.79 Å². The zero-order valence-corrected chi connectivity index (χ0v) is 11.3. The fourth-order valence-electron chi connectivity index (χ4n) is 1.45. The molecule has 0 aliphatic carbocycles. The molecule has 4 nitrogen and oxygen atoms in total. The van der Waals surface area contributed by atoms with E-state index in [0.29, 0.717) is 23.5 Å². The van der Waals surface area contributed by atoms with Crippen molar-refractivity contribution in [3.63, 3.8) is 0 Å². The quantitative estimate of drug-likeness (QED) is 0.469. The van der Waals surface area contributed by atoms with Gasteiger partial charge in [0.1, 0.15) is 5.75 Å². The average molecular weight is 271 g/mol. The molecule has 1 aromatic rings. The van der Waals surface area contributed by atoms with Crippen LogP contribution in [-0.4, -0.2) is 30.8 Å². The average Bonchev–Trinajstić information content (AvgIpc) is 2.37. The van der Waals surface area contributed by atoms with Crippen LogP contribution in [0, 0.1) is 0 Å². The maximum Gasteiger partial charge on any atom is 0.338 e. The molecule has 0 aromatic heterocycles. The topological polar surface area (TPSA) is 52.6 Å². The molecular weight excluding hydrogens is 256 g/mol. The highest BCUT2D eigenvalue weighted by Crippen LogP contribution is 2.23. The first-order valence-corrected chi connectivity index (χ1v) is 5.98. The number of methoxy groups -OCH3 is 1. The third-order valence-electron chi connectivity index (χ3n) is 2.34. The van der Waals surface area contributed by atoms with E-state index in [1.807, 2.05) is 0 Å². The van der Waals surface area contributed by atoms with Crippen molar-refractivity contribution in [3.8, 4) is 5.75 Å². The summed E-state index contributed by atoms with van der Waals surface area (Å²) < 4.78 is 9.97. The Morgan fingerprint density at radius 3 is 2.56 bits per heavy atom. The maximum atomic E-state index is 11.8. The summed E-state index contributed by atoms with van der Waals surface area (Å²) >= 11 is 5.75. The highest BCUT2D eigenvalue weighted by molar-refractivity contribution is 6.34. The summed E-state index contributed by atoms with van der Waals surface area (Å²) in [5.74, 6) is -0.379. The van der Waals surface area contributed by atoms with Crippen molar-refractivity contribution in [3.05, 3.63) is 29.3 Å². The van der Waals surface area contributed by atoms with Gasteiger partial charge < -0.3 is 9.47 Å². The van der Waals surface area contributed by atoms with Crippen molar-refractivity contribution in [2.75, 3.05) is 13.7 Å². The van der Waals surface area contributed by atoms with Gasteiger partial charge in [-0.2, -0.15) is 0 Å². The fraction of sp³-hybridized carbons (Fsp3) is 0.385. The van der Waals surface area contributed by atoms with E-state index >= 15 is 0 Å². The van der Waals surface area contributed by atoms with Crippen LogP contribution >= 0.6 is 11.6 Å². The van der Waals surface area contributed by atoms with Crippen molar-refractivity contribution in [1.82, 2.24) is 0 Å². The number of halogens is 1. The Kier molecular flexibility index (Phi) is 5.16. The lowest BCUT2D eigenvalue weighted by Gasteiger charge is -2.10. The number of alkyl halides is 1. The van der Waals surface area contributed by atoms with E-state index in [4.69, 9.17) is 21.1 Å². The van der Waals surface area contributed by atoms with Crippen molar-refractivity contribution in [2.24, 2.45) is 0 Å². The van der Waals surface area contributed by atoms with Crippen LogP contribution in [0.5, 0.6) is 5.75 Å². The van der Waals surface area contributed by atoms with Crippen LogP contribution in [0.3, 0.4) is 0 Å². The number of ether oxygens (including phenoxy) is 2. The number of hydrogen-bond donors (Lipinski definition) is 0. The van der Waals surface area contributed by atoms with Crippen LogP contribution in [0.2, 0.25) is 0 Å². The number of Topliss-reactive ketones (excluding diaryl/α,β-unsaturated/α-hetero) is 1. The normalized spacial score (nSPS) is 11.8. The summed E-state index contributed by atoms with van der Waals surface area (Å²) in [5, 5.41) is -0.646. The summed E-state index contributed by atoms with van der Waals surface area (Å²) in [6.45, 7) is 3.60. The Bertz CT molecular complexity index is 454. The van der Waals surface area contributed by atoms with Crippen molar-refractivity contribution < 1.29 is 19.1 Å². The predicted octanol–water partition coefficient (Wildman–Crippen LogP) is 2.68. The number of hydrogen-bond acceptors (Lipinski definition) is 4. The first kappa shape index (κ1) is 14.5. The summed E-state index contributed by atoms with van der Waals surface area (Å²) in [6.07, 6.45) is 0. The zero-order valence-electron chi connectivity index (χ0n) is 10.5. The Labute approximate surface area is 111 Å². The van der Waals surface area contributed by atoms with E-state index in [1.165, 1.54) is 25.3 Å². The number of carbonyl (C=O) groups excluding carboxylic acids is 2. The van der Waals surface area contributed by atoms with Crippen LogP contribution in [0.25, 0.3) is 0 Å². The molecule has 0 radical (unpaired) electrons. The monoisotopic (exact) mass is 270 g/mol. The first-order chi connectivity index (χ1) is 8.51. The first-order valence-electron chi connectivity index (χ1n) is 5.54. The number of benzene rings is 1. The zero-order chi connectivity index (χ0) is 13.7. The molecule has 0 saturated carbocycles. The molecule has 1 aromatic carbocycles. The van der Waals surface area contributed by atoms with E-state index in [1.54, 1.807) is 13.8 Å². The van der Waals surface area contributed by atoms with Gasteiger partial charge >= 0.3 is 5.97 Å². The van der Waals surface area contributed by atoms with Gasteiger partial charge in [-0.3, -0.25) is 4.79 Å². The van der Waals surface area contributed by atoms with Gasteiger partial charge in [0.25, 0.3) is 0 Å². The number of carbonyl (C=O) groups is 2. The minimum absolute atomic E-state index is 0.246. The lowest BCUT2D eigenvalue weighted by atomic mass is 10.0. The molecule has 5 heteroatoms. The van der Waals surface area contributed by atoms with Crippen LogP contribution in [-0.2, 0) is 4.74 Å². The molecule has 1 unspecified atom stereocenters. The lowest BCUT2D eigenvalue weighted by molar-refractivity contribution is 0.0525. The SMILES string of the molecule is CCOC(=O)c1ccc(C(=O)C(C)Cl)c(OC)c1. The molecule has 0 aliphatic rings. The van der Waals surface area contributed by atoms with Gasteiger partial charge in [-0.1, -0.05) is 0 Å². The van der Waals surface area contributed by atoms with Crippen molar-refractivity contribution in [2.45, 2.75) is 19.2 Å². The van der Waals surface area contributed by atoms with Crippen LogP contribution < -0.4 is 4.74 Å².